The van der Waals surface area contributed by atoms with Crippen LogP contribution in [0.2, 0.25) is 0 Å². The molecular formula is C32H37F9N6O. The van der Waals surface area contributed by atoms with Crippen LogP contribution in [0.3, 0.4) is 0 Å². The van der Waals surface area contributed by atoms with E-state index in [0.717, 1.165) is 36.5 Å². The maximum atomic E-state index is 14.2. The highest BCUT2D eigenvalue weighted by atomic mass is 19.4. The standard InChI is InChI=1S/C32H37F9N6O/c1-5-46(16-22-8-6-21(7-9-22)11-20(3)48)28-10-19(2)27(32(39,40)41)14-24(28)18-47(29-42-44-45(4)43-29)17-23-12-25(30(33,34)35)15-26(13-23)31(36,37)38/h10,12-15,21-22H,5-9,11,16-18H2,1-4H3/t21-,22-. The summed E-state index contributed by atoms with van der Waals surface area (Å²) in [6, 6.07) is 3.52. The fraction of sp³-hybridized carbons (Fsp3) is 0.562. The molecular weight excluding hydrogens is 655 g/mol. The average molecular weight is 693 g/mol. The van der Waals surface area contributed by atoms with E-state index in [2.05, 4.69) is 15.4 Å². The monoisotopic (exact) mass is 692 g/mol. The fourth-order valence-corrected chi connectivity index (χ4v) is 6.33. The molecule has 1 heterocycles. The maximum absolute atomic E-state index is 14.2. The zero-order valence-corrected chi connectivity index (χ0v) is 26.9. The molecule has 1 aliphatic rings. The number of nitrogens with zero attached hydrogens (tertiary/aromatic N) is 6. The third kappa shape index (κ3) is 9.40. The fourth-order valence-electron chi connectivity index (χ4n) is 6.33. The van der Waals surface area contributed by atoms with Crippen LogP contribution in [0, 0.1) is 18.8 Å². The molecule has 7 nitrogen and oxygen atoms in total. The van der Waals surface area contributed by atoms with Crippen LogP contribution in [0.25, 0.3) is 0 Å². The largest absolute Gasteiger partial charge is 0.416 e. The average Bonchev–Trinajstić information content (AvgIpc) is 3.41. The summed E-state index contributed by atoms with van der Waals surface area (Å²) in [5.74, 6) is 0.419. The van der Waals surface area contributed by atoms with Gasteiger partial charge in [0.15, 0.2) is 0 Å². The summed E-state index contributed by atoms with van der Waals surface area (Å²) in [5.41, 5.74) is -3.83. The van der Waals surface area contributed by atoms with Crippen molar-refractivity contribution in [2.24, 2.45) is 18.9 Å². The molecule has 0 atom stereocenters. The van der Waals surface area contributed by atoms with Gasteiger partial charge in [0, 0.05) is 38.3 Å². The van der Waals surface area contributed by atoms with Gasteiger partial charge in [-0.05, 0) is 111 Å². The van der Waals surface area contributed by atoms with Gasteiger partial charge in [0.05, 0.1) is 23.7 Å². The van der Waals surface area contributed by atoms with Crippen LogP contribution < -0.4 is 9.80 Å². The molecule has 1 fully saturated rings. The van der Waals surface area contributed by atoms with Gasteiger partial charge in [0.25, 0.3) is 5.95 Å². The SMILES string of the molecule is CCN(C[C@H]1CC[C@H](CC(C)=O)CC1)c1cc(C)c(C(F)(F)F)cc1CN(Cc1cc(C(F)(F)F)cc(C(F)(F)F)c1)c1nnn(C)n1. The van der Waals surface area contributed by atoms with Gasteiger partial charge < -0.3 is 14.6 Å². The summed E-state index contributed by atoms with van der Waals surface area (Å²) in [6.45, 7) is 4.68. The maximum Gasteiger partial charge on any atom is 0.416 e. The molecule has 0 aliphatic heterocycles. The normalized spacial score (nSPS) is 17.4. The number of aryl methyl sites for hydroxylation is 2. The van der Waals surface area contributed by atoms with Crippen LogP contribution in [0.1, 0.15) is 79.3 Å². The predicted molar refractivity (Wildman–Crippen MR) is 160 cm³/mol. The quantitative estimate of drug-likeness (QED) is 0.188. The zero-order valence-electron chi connectivity index (χ0n) is 26.9. The minimum atomic E-state index is -5.09. The van der Waals surface area contributed by atoms with Crippen molar-refractivity contribution in [2.45, 2.75) is 84.5 Å². The number of alkyl halides is 9. The van der Waals surface area contributed by atoms with Crippen molar-refractivity contribution < 1.29 is 44.3 Å². The first-order valence-electron chi connectivity index (χ1n) is 15.5. The minimum Gasteiger partial charge on any atom is -0.371 e. The van der Waals surface area contributed by atoms with Crippen LogP contribution in [0.4, 0.5) is 51.1 Å². The van der Waals surface area contributed by atoms with Gasteiger partial charge in [-0.25, -0.2) is 0 Å². The molecule has 16 heteroatoms. The molecule has 0 spiro atoms. The van der Waals surface area contributed by atoms with E-state index in [1.54, 1.807) is 6.92 Å². The number of ketones is 1. The van der Waals surface area contributed by atoms with Crippen molar-refractivity contribution in [1.29, 1.82) is 0 Å². The van der Waals surface area contributed by atoms with Gasteiger partial charge >= 0.3 is 18.5 Å². The van der Waals surface area contributed by atoms with E-state index in [0.29, 0.717) is 43.2 Å². The lowest BCUT2D eigenvalue weighted by Gasteiger charge is -2.35. The first-order chi connectivity index (χ1) is 22.2. The molecule has 0 radical (unpaired) electrons. The number of tetrazole rings is 1. The lowest BCUT2D eigenvalue weighted by Crippen LogP contribution is -2.33. The lowest BCUT2D eigenvalue weighted by atomic mass is 9.79. The molecule has 0 amide bonds. The molecule has 1 aromatic heterocycles. The van der Waals surface area contributed by atoms with E-state index in [9.17, 15) is 44.3 Å². The van der Waals surface area contributed by atoms with E-state index < -0.39 is 47.3 Å². The summed E-state index contributed by atoms with van der Waals surface area (Å²) in [4.78, 5) is 15.8. The number of halogens is 9. The molecule has 0 bridgehead atoms. The Balaban J connectivity index is 1.75. The number of carbonyl (C=O) groups is 1. The number of hydrogen-bond donors (Lipinski definition) is 0. The van der Waals surface area contributed by atoms with Crippen molar-refractivity contribution in [1.82, 2.24) is 20.2 Å². The number of Topliss-reactive ketones (excluding diaryl/α,β-unsaturated/α-hetero) is 1. The third-order valence-corrected chi connectivity index (χ3v) is 8.64. The molecule has 1 saturated carbocycles. The Hall–Kier alpha value is -3.85. The lowest BCUT2D eigenvalue weighted by molar-refractivity contribution is -0.143. The van der Waals surface area contributed by atoms with Crippen LogP contribution in [0.5, 0.6) is 0 Å². The van der Waals surface area contributed by atoms with Crippen LogP contribution in [-0.4, -0.2) is 39.1 Å². The number of aromatic nitrogens is 4. The van der Waals surface area contributed by atoms with Crippen molar-refractivity contribution in [2.75, 3.05) is 22.9 Å². The van der Waals surface area contributed by atoms with Gasteiger partial charge in [-0.15, -0.1) is 5.10 Å². The van der Waals surface area contributed by atoms with E-state index in [1.807, 2.05) is 11.8 Å². The second kappa shape index (κ2) is 14.3. The molecule has 2 aromatic carbocycles. The summed E-state index contributed by atoms with van der Waals surface area (Å²) in [6.07, 6.45) is -11.1. The summed E-state index contributed by atoms with van der Waals surface area (Å²) >= 11 is 0. The Bertz CT molecular complexity index is 1540. The Labute approximate surface area is 272 Å². The molecule has 0 saturated heterocycles. The van der Waals surface area contributed by atoms with E-state index >= 15 is 0 Å². The van der Waals surface area contributed by atoms with Gasteiger partial charge in [0.1, 0.15) is 5.78 Å². The molecule has 0 N–H and O–H groups in total. The van der Waals surface area contributed by atoms with Crippen molar-refractivity contribution in [3.63, 3.8) is 0 Å². The second-order valence-electron chi connectivity index (χ2n) is 12.5. The first kappa shape index (κ1) is 37.0. The molecule has 48 heavy (non-hydrogen) atoms. The van der Waals surface area contributed by atoms with Crippen molar-refractivity contribution in [3.8, 4) is 0 Å². The topological polar surface area (TPSA) is 67.2 Å². The highest BCUT2D eigenvalue weighted by Gasteiger charge is 2.38. The summed E-state index contributed by atoms with van der Waals surface area (Å²) in [5, 5.41) is 11.7. The molecule has 1 aliphatic carbocycles. The van der Waals surface area contributed by atoms with Crippen LogP contribution in [0.15, 0.2) is 30.3 Å². The molecule has 4 rings (SSSR count). The highest BCUT2D eigenvalue weighted by Crippen LogP contribution is 2.40. The summed E-state index contributed by atoms with van der Waals surface area (Å²) in [7, 11) is 1.39. The summed E-state index contributed by atoms with van der Waals surface area (Å²) < 4.78 is 124. The number of rotatable bonds is 11. The highest BCUT2D eigenvalue weighted by molar-refractivity contribution is 5.75. The zero-order chi connectivity index (χ0) is 35.6. The van der Waals surface area contributed by atoms with E-state index in [1.165, 1.54) is 24.9 Å². The Morgan fingerprint density at radius 2 is 1.42 bits per heavy atom. The Kier molecular flexibility index (Phi) is 11.0. The van der Waals surface area contributed by atoms with Crippen LogP contribution >= 0.6 is 0 Å². The van der Waals surface area contributed by atoms with Crippen molar-refractivity contribution >= 4 is 17.4 Å². The predicted octanol–water partition coefficient (Wildman–Crippen LogP) is 8.39. The third-order valence-electron chi connectivity index (χ3n) is 8.64. The van der Waals surface area contributed by atoms with Gasteiger partial charge in [-0.2, -0.15) is 44.3 Å². The minimum absolute atomic E-state index is 0.00874. The Morgan fingerprint density at radius 3 is 1.90 bits per heavy atom. The molecule has 3 aromatic rings. The molecule has 264 valence electrons. The second-order valence-corrected chi connectivity index (χ2v) is 12.5. The van der Waals surface area contributed by atoms with Gasteiger partial charge in [0.2, 0.25) is 0 Å². The van der Waals surface area contributed by atoms with Gasteiger partial charge in [-0.1, -0.05) is 5.10 Å². The molecule has 0 unspecified atom stereocenters. The number of anilines is 2. The van der Waals surface area contributed by atoms with E-state index in [-0.39, 0.29) is 41.4 Å². The van der Waals surface area contributed by atoms with E-state index in [4.69, 9.17) is 0 Å². The number of hydrogen-bond acceptors (Lipinski definition) is 6. The number of benzene rings is 2. The van der Waals surface area contributed by atoms with Crippen LogP contribution in [-0.2, 0) is 43.5 Å². The number of carbonyl (C=O) groups excluding carboxylic acids is 1. The first-order valence-corrected chi connectivity index (χ1v) is 15.5. The van der Waals surface area contributed by atoms with Crippen molar-refractivity contribution in [3.05, 3.63) is 63.7 Å². The Morgan fingerprint density at radius 1 is 0.833 bits per heavy atom. The smallest absolute Gasteiger partial charge is 0.371 e. The van der Waals surface area contributed by atoms with Gasteiger partial charge in [-0.3, -0.25) is 0 Å².